The van der Waals surface area contributed by atoms with Crippen molar-refractivity contribution in [3.63, 3.8) is 0 Å². The van der Waals surface area contributed by atoms with Crippen LogP contribution in [0.25, 0.3) is 11.0 Å². The molecule has 0 N–H and O–H groups in total. The molecule has 0 bridgehead atoms. The molecule has 2 rings (SSSR count). The second kappa shape index (κ2) is 3.25. The predicted octanol–water partition coefficient (Wildman–Crippen LogP) is 2.80. The van der Waals surface area contributed by atoms with E-state index in [0.29, 0.717) is 9.09 Å². The van der Waals surface area contributed by atoms with E-state index in [0.717, 1.165) is 12.1 Å². The Labute approximate surface area is 88.9 Å². The number of benzene rings is 1. The molecule has 68 valence electrons. The number of imidazole rings is 1. The van der Waals surface area contributed by atoms with Crippen molar-refractivity contribution < 1.29 is 4.39 Å². The molecule has 0 aliphatic carbocycles. The summed E-state index contributed by atoms with van der Waals surface area (Å²) in [5, 5.41) is 0. The van der Waals surface area contributed by atoms with Crippen LogP contribution in [0.5, 0.6) is 0 Å². The van der Waals surface area contributed by atoms with Crippen molar-refractivity contribution in [1.82, 2.24) is 9.55 Å². The van der Waals surface area contributed by atoms with Crippen molar-refractivity contribution in [2.24, 2.45) is 0 Å². The average molecular weight is 290 g/mol. The van der Waals surface area contributed by atoms with Crippen LogP contribution in [0.2, 0.25) is 0 Å². The third kappa shape index (κ3) is 1.33. The molecule has 4 heteroatoms. The highest BCUT2D eigenvalue weighted by molar-refractivity contribution is 14.1. The molecule has 0 spiro atoms. The van der Waals surface area contributed by atoms with Crippen molar-refractivity contribution in [1.29, 1.82) is 0 Å². The second-order valence-electron chi connectivity index (χ2n) is 2.76. The van der Waals surface area contributed by atoms with E-state index in [4.69, 9.17) is 0 Å². The Bertz CT molecular complexity index is 450. The predicted molar refractivity (Wildman–Crippen MR) is 58.1 cm³/mol. The molecule has 0 aliphatic heterocycles. The molecular weight excluding hydrogens is 282 g/mol. The fourth-order valence-corrected chi connectivity index (χ4v) is 1.76. The van der Waals surface area contributed by atoms with E-state index in [9.17, 15) is 4.39 Å². The first kappa shape index (κ1) is 8.93. The number of hydrogen-bond acceptors (Lipinski definition) is 1. The van der Waals surface area contributed by atoms with Crippen LogP contribution in [0.1, 0.15) is 6.92 Å². The lowest BCUT2D eigenvalue weighted by Gasteiger charge is -1.99. The van der Waals surface area contributed by atoms with E-state index in [2.05, 4.69) is 4.98 Å². The summed E-state index contributed by atoms with van der Waals surface area (Å²) < 4.78 is 16.0. The smallest absolute Gasteiger partial charge is 0.164 e. The van der Waals surface area contributed by atoms with Crippen LogP contribution in [0.4, 0.5) is 4.39 Å². The molecule has 0 aliphatic rings. The number of rotatable bonds is 1. The van der Waals surface area contributed by atoms with Crippen LogP contribution < -0.4 is 0 Å². The average Bonchev–Trinajstić information content (AvgIpc) is 2.55. The van der Waals surface area contributed by atoms with Gasteiger partial charge in [-0.05, 0) is 41.6 Å². The molecule has 0 saturated heterocycles. The Morgan fingerprint density at radius 1 is 1.54 bits per heavy atom. The molecule has 0 radical (unpaired) electrons. The number of nitrogens with zero attached hydrogens (tertiary/aromatic N) is 2. The van der Waals surface area contributed by atoms with Gasteiger partial charge in [-0.1, -0.05) is 0 Å². The summed E-state index contributed by atoms with van der Waals surface area (Å²) in [6.07, 6.45) is 1.67. The van der Waals surface area contributed by atoms with Gasteiger partial charge in [-0.2, -0.15) is 0 Å². The lowest BCUT2D eigenvalue weighted by atomic mass is 10.3. The van der Waals surface area contributed by atoms with Gasteiger partial charge in [0.2, 0.25) is 0 Å². The SMILES string of the molecule is CCn1cnc2c(F)c(I)ccc21. The third-order valence-electron chi connectivity index (χ3n) is 2.02. The molecule has 0 atom stereocenters. The number of aromatic nitrogens is 2. The lowest BCUT2D eigenvalue weighted by Crippen LogP contribution is -1.91. The monoisotopic (exact) mass is 290 g/mol. The molecule has 0 saturated carbocycles. The Kier molecular flexibility index (Phi) is 2.23. The van der Waals surface area contributed by atoms with Gasteiger partial charge in [0.25, 0.3) is 0 Å². The van der Waals surface area contributed by atoms with E-state index in [-0.39, 0.29) is 5.82 Å². The zero-order valence-electron chi connectivity index (χ0n) is 7.09. The Morgan fingerprint density at radius 2 is 2.31 bits per heavy atom. The lowest BCUT2D eigenvalue weighted by molar-refractivity contribution is 0.630. The van der Waals surface area contributed by atoms with Gasteiger partial charge in [0.1, 0.15) is 5.52 Å². The van der Waals surface area contributed by atoms with Gasteiger partial charge < -0.3 is 4.57 Å². The number of hydrogen-bond donors (Lipinski definition) is 0. The van der Waals surface area contributed by atoms with Crippen LogP contribution in [0.15, 0.2) is 18.5 Å². The van der Waals surface area contributed by atoms with E-state index >= 15 is 0 Å². The molecule has 0 unspecified atom stereocenters. The van der Waals surface area contributed by atoms with Crippen molar-refractivity contribution >= 4 is 33.6 Å². The summed E-state index contributed by atoms with van der Waals surface area (Å²) in [5.74, 6) is -0.217. The summed E-state index contributed by atoms with van der Waals surface area (Å²) in [7, 11) is 0. The van der Waals surface area contributed by atoms with Gasteiger partial charge in [-0.25, -0.2) is 9.37 Å². The second-order valence-corrected chi connectivity index (χ2v) is 3.92. The molecule has 2 aromatic rings. The van der Waals surface area contributed by atoms with Gasteiger partial charge in [-0.3, -0.25) is 0 Å². The van der Waals surface area contributed by atoms with Gasteiger partial charge in [-0.15, -0.1) is 0 Å². The van der Waals surface area contributed by atoms with Crippen LogP contribution >= 0.6 is 22.6 Å². The molecule has 1 heterocycles. The van der Waals surface area contributed by atoms with E-state index in [1.807, 2.05) is 40.1 Å². The standard InChI is InChI=1S/C9H8FIN2/c1-2-13-5-12-9-7(13)4-3-6(11)8(9)10/h3-5H,2H2,1H3. The fourth-order valence-electron chi connectivity index (χ4n) is 1.33. The first-order valence-corrected chi connectivity index (χ1v) is 5.10. The summed E-state index contributed by atoms with van der Waals surface area (Å²) in [5.41, 5.74) is 1.33. The fraction of sp³-hybridized carbons (Fsp3) is 0.222. The van der Waals surface area contributed by atoms with Crippen molar-refractivity contribution in [2.75, 3.05) is 0 Å². The van der Waals surface area contributed by atoms with Crippen LogP contribution in [0.3, 0.4) is 0 Å². The van der Waals surface area contributed by atoms with Gasteiger partial charge in [0.15, 0.2) is 5.82 Å². The first-order chi connectivity index (χ1) is 6.24. The summed E-state index contributed by atoms with van der Waals surface area (Å²) in [4.78, 5) is 4.03. The molecule has 0 amide bonds. The zero-order chi connectivity index (χ0) is 9.42. The third-order valence-corrected chi connectivity index (χ3v) is 2.86. The molecular formula is C9H8FIN2. The van der Waals surface area contributed by atoms with Gasteiger partial charge in [0, 0.05) is 6.54 Å². The zero-order valence-corrected chi connectivity index (χ0v) is 9.25. The van der Waals surface area contributed by atoms with Gasteiger partial charge >= 0.3 is 0 Å². The Morgan fingerprint density at radius 3 is 3.00 bits per heavy atom. The highest BCUT2D eigenvalue weighted by Crippen LogP contribution is 2.20. The summed E-state index contributed by atoms with van der Waals surface area (Å²) in [6, 6.07) is 3.67. The minimum atomic E-state index is -0.217. The maximum atomic E-state index is 13.5. The maximum Gasteiger partial charge on any atom is 0.164 e. The molecule has 1 aromatic carbocycles. The number of halogens is 2. The molecule has 1 aromatic heterocycles. The Hall–Kier alpha value is -0.650. The largest absolute Gasteiger partial charge is 0.331 e. The highest BCUT2D eigenvalue weighted by atomic mass is 127. The van der Waals surface area contributed by atoms with Crippen molar-refractivity contribution in [2.45, 2.75) is 13.5 Å². The molecule has 13 heavy (non-hydrogen) atoms. The quantitative estimate of drug-likeness (QED) is 0.738. The summed E-state index contributed by atoms with van der Waals surface area (Å²) >= 11 is 1.97. The number of fused-ring (bicyclic) bond motifs is 1. The van der Waals surface area contributed by atoms with E-state index in [1.54, 1.807) is 12.4 Å². The minimum absolute atomic E-state index is 0.217. The van der Waals surface area contributed by atoms with E-state index < -0.39 is 0 Å². The van der Waals surface area contributed by atoms with Crippen molar-refractivity contribution in [3.8, 4) is 0 Å². The minimum Gasteiger partial charge on any atom is -0.331 e. The first-order valence-electron chi connectivity index (χ1n) is 4.03. The Balaban J connectivity index is 2.81. The van der Waals surface area contributed by atoms with Crippen LogP contribution in [-0.4, -0.2) is 9.55 Å². The number of aryl methyl sites for hydroxylation is 1. The topological polar surface area (TPSA) is 17.8 Å². The maximum absolute atomic E-state index is 13.5. The van der Waals surface area contributed by atoms with Crippen molar-refractivity contribution in [3.05, 3.63) is 27.8 Å². The van der Waals surface area contributed by atoms with Gasteiger partial charge in [0.05, 0.1) is 15.4 Å². The van der Waals surface area contributed by atoms with Crippen LogP contribution in [0, 0.1) is 9.39 Å². The highest BCUT2D eigenvalue weighted by Gasteiger charge is 2.08. The molecule has 2 nitrogen and oxygen atoms in total. The van der Waals surface area contributed by atoms with E-state index in [1.165, 1.54) is 0 Å². The summed E-state index contributed by atoms with van der Waals surface area (Å²) in [6.45, 7) is 2.83. The van der Waals surface area contributed by atoms with Crippen LogP contribution in [-0.2, 0) is 6.54 Å². The normalized spacial score (nSPS) is 11.0. The molecule has 0 fully saturated rings.